The summed E-state index contributed by atoms with van der Waals surface area (Å²) >= 11 is 5.10. The van der Waals surface area contributed by atoms with Crippen molar-refractivity contribution < 1.29 is 9.59 Å². The highest BCUT2D eigenvalue weighted by molar-refractivity contribution is 8.02. The van der Waals surface area contributed by atoms with Crippen LogP contribution in [-0.2, 0) is 9.59 Å². The SMILES string of the molecule is C/C=C/C(=O)NC.CNC(=O)C=C(C)SC.CS. The molecule has 0 atom stereocenters. The Morgan fingerprint density at radius 3 is 1.78 bits per heavy atom. The first kappa shape index (κ1) is 22.3. The lowest BCUT2D eigenvalue weighted by atomic mass is 10.5. The lowest BCUT2D eigenvalue weighted by molar-refractivity contribution is -0.116. The van der Waals surface area contributed by atoms with Crippen molar-refractivity contribution in [3.05, 3.63) is 23.1 Å². The fourth-order valence-electron chi connectivity index (χ4n) is 0.550. The molecular formula is C12H24N2O2S2. The summed E-state index contributed by atoms with van der Waals surface area (Å²) < 4.78 is 0. The molecule has 0 aromatic heterocycles. The van der Waals surface area contributed by atoms with Crippen LogP contribution in [-0.4, -0.2) is 38.4 Å². The molecule has 0 aliphatic heterocycles. The number of hydrogen-bond donors (Lipinski definition) is 3. The first-order valence-corrected chi connectivity index (χ1v) is 7.36. The van der Waals surface area contributed by atoms with E-state index in [4.69, 9.17) is 0 Å². The van der Waals surface area contributed by atoms with Crippen molar-refractivity contribution in [1.29, 1.82) is 0 Å². The van der Waals surface area contributed by atoms with Gasteiger partial charge in [0.25, 0.3) is 0 Å². The van der Waals surface area contributed by atoms with Crippen LogP contribution in [0.1, 0.15) is 13.8 Å². The van der Waals surface area contributed by atoms with Gasteiger partial charge in [0.15, 0.2) is 0 Å². The molecule has 0 saturated carbocycles. The van der Waals surface area contributed by atoms with Crippen molar-refractivity contribution in [2.75, 3.05) is 26.6 Å². The second kappa shape index (κ2) is 18.5. The topological polar surface area (TPSA) is 58.2 Å². The third-order valence-electron chi connectivity index (χ3n) is 1.47. The zero-order valence-corrected chi connectivity index (χ0v) is 13.6. The molecule has 0 aromatic rings. The summed E-state index contributed by atoms with van der Waals surface area (Å²) in [6.45, 7) is 3.70. The van der Waals surface area contributed by atoms with Gasteiger partial charge in [0.2, 0.25) is 11.8 Å². The summed E-state index contributed by atoms with van der Waals surface area (Å²) in [6.07, 6.45) is 8.37. The number of allylic oxidation sites excluding steroid dienone is 2. The summed E-state index contributed by atoms with van der Waals surface area (Å²) in [6, 6.07) is 0. The fourth-order valence-corrected chi connectivity index (χ4v) is 0.775. The van der Waals surface area contributed by atoms with Gasteiger partial charge in [-0.15, -0.1) is 11.8 Å². The highest BCUT2D eigenvalue weighted by Gasteiger charge is 1.90. The summed E-state index contributed by atoms with van der Waals surface area (Å²) in [7, 11) is 3.22. The molecule has 0 radical (unpaired) electrons. The standard InChI is InChI=1S/C6H11NOS.C5H9NO.CH4S/c1-5(9-3)4-6(8)7-2;1-3-4-5(7)6-2;1-2/h4H,1-3H3,(H,7,8);3-4H,1-2H3,(H,6,7);2H,1H3/b;4-3+;. The van der Waals surface area contributed by atoms with Crippen LogP contribution in [0.2, 0.25) is 0 Å². The second-order valence-corrected chi connectivity index (χ2v) is 3.74. The number of hydrogen-bond acceptors (Lipinski definition) is 4. The van der Waals surface area contributed by atoms with Gasteiger partial charge in [-0.25, -0.2) is 0 Å². The highest BCUT2D eigenvalue weighted by atomic mass is 32.2. The van der Waals surface area contributed by atoms with Gasteiger partial charge in [0.05, 0.1) is 0 Å². The van der Waals surface area contributed by atoms with Crippen LogP contribution in [0.5, 0.6) is 0 Å². The molecule has 0 heterocycles. The van der Waals surface area contributed by atoms with E-state index in [2.05, 4.69) is 23.3 Å². The molecule has 0 spiro atoms. The minimum absolute atomic E-state index is 0.0400. The monoisotopic (exact) mass is 292 g/mol. The van der Waals surface area contributed by atoms with Crippen LogP contribution < -0.4 is 10.6 Å². The van der Waals surface area contributed by atoms with Crippen molar-refractivity contribution in [2.45, 2.75) is 13.8 Å². The molecule has 0 aromatic carbocycles. The molecule has 2 N–H and O–H groups in total. The van der Waals surface area contributed by atoms with Crippen LogP contribution in [0, 0.1) is 0 Å². The number of thioether (sulfide) groups is 1. The summed E-state index contributed by atoms with van der Waals surface area (Å²) in [4.78, 5) is 21.8. The van der Waals surface area contributed by atoms with Crippen LogP contribution in [0.3, 0.4) is 0 Å². The van der Waals surface area contributed by atoms with Crippen LogP contribution in [0.15, 0.2) is 23.1 Å². The van der Waals surface area contributed by atoms with E-state index in [0.29, 0.717) is 0 Å². The van der Waals surface area contributed by atoms with E-state index >= 15 is 0 Å². The van der Waals surface area contributed by atoms with Gasteiger partial charge in [-0.3, -0.25) is 9.59 Å². The second-order valence-electron chi connectivity index (χ2n) is 2.69. The summed E-state index contributed by atoms with van der Waals surface area (Å²) in [5, 5.41) is 4.94. The number of amides is 2. The highest BCUT2D eigenvalue weighted by Crippen LogP contribution is 2.07. The van der Waals surface area contributed by atoms with Gasteiger partial charge in [-0.2, -0.15) is 12.6 Å². The first-order chi connectivity index (χ1) is 8.51. The minimum Gasteiger partial charge on any atom is -0.356 e. The largest absolute Gasteiger partial charge is 0.356 e. The molecular weight excluding hydrogens is 268 g/mol. The molecule has 4 nitrogen and oxygen atoms in total. The van der Waals surface area contributed by atoms with Gasteiger partial charge in [-0.1, -0.05) is 6.08 Å². The molecule has 0 aliphatic rings. The van der Waals surface area contributed by atoms with Gasteiger partial charge in [-0.05, 0) is 37.3 Å². The maximum Gasteiger partial charge on any atom is 0.244 e. The maximum atomic E-state index is 10.6. The third-order valence-corrected chi connectivity index (χ3v) is 2.23. The predicted octanol–water partition coefficient (Wildman–Crippen LogP) is 1.85. The van der Waals surface area contributed by atoms with Crippen molar-refractivity contribution in [2.24, 2.45) is 0 Å². The average Bonchev–Trinajstić information content (AvgIpc) is 2.41. The number of rotatable bonds is 3. The van der Waals surface area contributed by atoms with Crippen molar-refractivity contribution >= 4 is 36.2 Å². The smallest absolute Gasteiger partial charge is 0.244 e. The Hall–Kier alpha value is -0.880. The van der Waals surface area contributed by atoms with E-state index < -0.39 is 0 Å². The number of nitrogens with one attached hydrogen (secondary N) is 2. The Bertz CT molecular complexity index is 277. The molecule has 106 valence electrons. The molecule has 0 unspecified atom stereocenters. The van der Waals surface area contributed by atoms with Gasteiger partial charge < -0.3 is 10.6 Å². The maximum absolute atomic E-state index is 10.6. The van der Waals surface area contributed by atoms with E-state index in [1.807, 2.05) is 13.2 Å². The normalized spacial score (nSPS) is 9.61. The first-order valence-electron chi connectivity index (χ1n) is 5.24. The minimum atomic E-state index is -0.0532. The summed E-state index contributed by atoms with van der Waals surface area (Å²) in [5.41, 5.74) is 0. The Kier molecular flexibility index (Phi) is 22.9. The number of thiol groups is 1. The number of likely N-dealkylation sites (N-methyl/N-ethyl adjacent to an activating group) is 2. The number of carbonyl (C=O) groups is 2. The van der Waals surface area contributed by atoms with Crippen molar-refractivity contribution in [3.63, 3.8) is 0 Å². The third kappa shape index (κ3) is 20.5. The molecule has 0 saturated heterocycles. The molecule has 18 heavy (non-hydrogen) atoms. The van der Waals surface area contributed by atoms with E-state index in [0.717, 1.165) is 4.91 Å². The Balaban J connectivity index is -0.000000225. The zero-order valence-electron chi connectivity index (χ0n) is 11.9. The lowest BCUT2D eigenvalue weighted by Gasteiger charge is -1.92. The Morgan fingerprint density at radius 1 is 1.11 bits per heavy atom. The zero-order chi connectivity index (χ0) is 15.0. The van der Waals surface area contributed by atoms with Crippen molar-refractivity contribution in [1.82, 2.24) is 10.6 Å². The lowest BCUT2D eigenvalue weighted by Crippen LogP contribution is -2.14. The Labute approximate surface area is 120 Å². The molecule has 0 rings (SSSR count). The Morgan fingerprint density at radius 2 is 1.56 bits per heavy atom. The van der Waals surface area contributed by atoms with E-state index in [-0.39, 0.29) is 11.8 Å². The van der Waals surface area contributed by atoms with Gasteiger partial charge >= 0.3 is 0 Å². The molecule has 0 bridgehead atoms. The average molecular weight is 292 g/mol. The summed E-state index contributed by atoms with van der Waals surface area (Å²) in [5.74, 6) is -0.0932. The van der Waals surface area contributed by atoms with E-state index in [9.17, 15) is 9.59 Å². The van der Waals surface area contributed by atoms with Gasteiger partial charge in [0, 0.05) is 20.2 Å². The predicted molar refractivity (Wildman–Crippen MR) is 85.1 cm³/mol. The molecule has 0 aliphatic carbocycles. The van der Waals surface area contributed by atoms with Crippen LogP contribution >= 0.6 is 24.4 Å². The molecule has 2 amide bonds. The van der Waals surface area contributed by atoms with Crippen LogP contribution in [0.4, 0.5) is 0 Å². The van der Waals surface area contributed by atoms with Crippen LogP contribution in [0.25, 0.3) is 0 Å². The fraction of sp³-hybridized carbons (Fsp3) is 0.500. The van der Waals surface area contributed by atoms with E-state index in [1.165, 1.54) is 6.08 Å². The van der Waals surface area contributed by atoms with Crippen molar-refractivity contribution in [3.8, 4) is 0 Å². The number of carbonyl (C=O) groups excluding carboxylic acids is 2. The molecule has 6 heteroatoms. The van der Waals surface area contributed by atoms with E-state index in [1.54, 1.807) is 51.2 Å². The quantitative estimate of drug-likeness (QED) is 0.550. The van der Waals surface area contributed by atoms with Gasteiger partial charge in [0.1, 0.15) is 0 Å². The molecule has 0 fully saturated rings.